The maximum absolute atomic E-state index is 13.2. The quantitative estimate of drug-likeness (QED) is 0.382. The Hall–Kier alpha value is -3.66. The van der Waals surface area contributed by atoms with E-state index in [9.17, 15) is 9.59 Å². The molecule has 0 saturated heterocycles. The fourth-order valence-corrected chi connectivity index (χ4v) is 3.48. The molecule has 0 spiro atoms. The zero-order valence-corrected chi connectivity index (χ0v) is 16.7. The highest BCUT2D eigenvalue weighted by Crippen LogP contribution is 2.29. The average Bonchev–Trinajstić information content (AvgIpc) is 3.10. The number of fused-ring (bicyclic) bond motifs is 1. The van der Waals surface area contributed by atoms with E-state index < -0.39 is 11.7 Å². The molecular weight excluding hydrogens is 360 g/mol. The van der Waals surface area contributed by atoms with Crippen LogP contribution in [0.2, 0.25) is 0 Å². The molecule has 0 saturated carbocycles. The number of amides is 1. The van der Waals surface area contributed by atoms with E-state index in [0.29, 0.717) is 11.4 Å². The highest BCUT2D eigenvalue weighted by molar-refractivity contribution is 6.47. The summed E-state index contributed by atoms with van der Waals surface area (Å²) in [6.07, 6.45) is 1.81. The maximum Gasteiger partial charge on any atom is 0.298 e. The number of carbonyl (C=O) groups excluding carboxylic acids is 2. The Morgan fingerprint density at radius 2 is 1.62 bits per heavy atom. The number of aryl methyl sites for hydroxylation is 2. The lowest BCUT2D eigenvalue weighted by Crippen LogP contribution is -2.25. The van der Waals surface area contributed by atoms with Crippen molar-refractivity contribution in [3.63, 3.8) is 0 Å². The fraction of sp³-hybridized carbons (Fsp3) is 0.120. The molecule has 1 amide bonds. The van der Waals surface area contributed by atoms with Gasteiger partial charge in [0.2, 0.25) is 0 Å². The molecule has 0 bridgehead atoms. The first kappa shape index (κ1) is 18.7. The highest BCUT2D eigenvalue weighted by Gasteiger charge is 2.25. The summed E-state index contributed by atoms with van der Waals surface area (Å²) in [7, 11) is 0. The van der Waals surface area contributed by atoms with Crippen molar-refractivity contribution in [2.24, 2.45) is 0 Å². The van der Waals surface area contributed by atoms with E-state index in [4.69, 9.17) is 0 Å². The van der Waals surface area contributed by atoms with Gasteiger partial charge in [-0.1, -0.05) is 48.0 Å². The number of anilines is 1. The maximum atomic E-state index is 13.2. The van der Waals surface area contributed by atoms with Crippen molar-refractivity contribution in [1.29, 1.82) is 0 Å². The Morgan fingerprint density at radius 1 is 0.862 bits per heavy atom. The molecule has 2 aromatic carbocycles. The second-order valence-electron chi connectivity index (χ2n) is 7.30. The third-order valence-corrected chi connectivity index (χ3v) is 5.32. The summed E-state index contributed by atoms with van der Waals surface area (Å²) in [6.45, 7) is 5.92. The smallest absolute Gasteiger partial charge is 0.298 e. The van der Waals surface area contributed by atoms with E-state index in [1.54, 1.807) is 4.40 Å². The van der Waals surface area contributed by atoms with Gasteiger partial charge in [0, 0.05) is 23.0 Å². The van der Waals surface area contributed by atoms with Gasteiger partial charge in [0.1, 0.15) is 5.69 Å². The Bertz CT molecular complexity index is 1230. The van der Waals surface area contributed by atoms with E-state index in [1.807, 2.05) is 93.7 Å². The zero-order valence-electron chi connectivity index (χ0n) is 16.7. The van der Waals surface area contributed by atoms with Gasteiger partial charge in [-0.25, -0.2) is 0 Å². The number of benzene rings is 2. The number of rotatable bonds is 4. The summed E-state index contributed by atoms with van der Waals surface area (Å²) >= 11 is 0. The first-order valence-corrected chi connectivity index (χ1v) is 9.55. The molecule has 0 fully saturated rings. The molecule has 0 aliphatic carbocycles. The minimum Gasteiger partial charge on any atom is -0.319 e. The van der Waals surface area contributed by atoms with Crippen molar-refractivity contribution >= 4 is 22.9 Å². The van der Waals surface area contributed by atoms with Crippen LogP contribution in [-0.2, 0) is 4.79 Å². The third kappa shape index (κ3) is 3.45. The molecule has 4 nitrogen and oxygen atoms in total. The highest BCUT2D eigenvalue weighted by atomic mass is 16.2. The molecule has 144 valence electrons. The number of hydrogen-bond donors (Lipinski definition) is 1. The van der Waals surface area contributed by atoms with Crippen molar-refractivity contribution in [3.05, 3.63) is 95.3 Å². The lowest BCUT2D eigenvalue weighted by atomic mass is 10.0. The molecule has 0 unspecified atom stereocenters. The Balaban J connectivity index is 1.78. The van der Waals surface area contributed by atoms with Crippen molar-refractivity contribution in [3.8, 4) is 11.1 Å². The van der Waals surface area contributed by atoms with Crippen molar-refractivity contribution in [1.82, 2.24) is 4.40 Å². The van der Waals surface area contributed by atoms with E-state index in [1.165, 1.54) is 0 Å². The topological polar surface area (TPSA) is 50.6 Å². The van der Waals surface area contributed by atoms with Crippen LogP contribution in [0.1, 0.15) is 27.2 Å². The van der Waals surface area contributed by atoms with Crippen LogP contribution < -0.4 is 5.32 Å². The summed E-state index contributed by atoms with van der Waals surface area (Å²) in [5.74, 6) is -1.21. The summed E-state index contributed by atoms with van der Waals surface area (Å²) in [4.78, 5) is 26.1. The average molecular weight is 382 g/mol. The minimum atomic E-state index is -0.643. The van der Waals surface area contributed by atoms with E-state index in [-0.39, 0.29) is 0 Å². The summed E-state index contributed by atoms with van der Waals surface area (Å²) in [5.41, 5.74) is 6.69. The lowest BCUT2D eigenvalue weighted by Gasteiger charge is -2.11. The van der Waals surface area contributed by atoms with Crippen LogP contribution in [0.5, 0.6) is 0 Å². The number of nitrogens with zero attached hydrogens (tertiary/aromatic N) is 1. The molecule has 0 aliphatic heterocycles. The van der Waals surface area contributed by atoms with Gasteiger partial charge in [-0.2, -0.15) is 0 Å². The number of Topliss-reactive ketones (excluding diaryl/α,β-unsaturated/α-hetero) is 1. The SMILES string of the molecule is Cc1ccc(-c2cc3ccccn3c2C(=O)C(=O)Nc2cccc(C)c2C)cc1. The Morgan fingerprint density at radius 3 is 2.38 bits per heavy atom. The molecule has 0 radical (unpaired) electrons. The lowest BCUT2D eigenvalue weighted by molar-refractivity contribution is -0.112. The Kier molecular flexibility index (Phi) is 4.77. The summed E-state index contributed by atoms with van der Waals surface area (Å²) < 4.78 is 1.78. The second kappa shape index (κ2) is 7.40. The zero-order chi connectivity index (χ0) is 20.5. The molecule has 2 heterocycles. The molecule has 1 N–H and O–H groups in total. The van der Waals surface area contributed by atoms with Gasteiger partial charge >= 0.3 is 0 Å². The first-order chi connectivity index (χ1) is 14.0. The van der Waals surface area contributed by atoms with E-state index in [0.717, 1.165) is 33.3 Å². The van der Waals surface area contributed by atoms with Gasteiger partial charge in [0.25, 0.3) is 11.7 Å². The first-order valence-electron chi connectivity index (χ1n) is 9.55. The second-order valence-corrected chi connectivity index (χ2v) is 7.30. The molecule has 4 rings (SSSR count). The number of aromatic nitrogens is 1. The van der Waals surface area contributed by atoms with Crippen LogP contribution >= 0.6 is 0 Å². The van der Waals surface area contributed by atoms with Gasteiger partial charge in [0.05, 0.1) is 0 Å². The van der Waals surface area contributed by atoms with Crippen molar-refractivity contribution in [2.45, 2.75) is 20.8 Å². The van der Waals surface area contributed by atoms with Gasteiger partial charge in [-0.3, -0.25) is 9.59 Å². The monoisotopic (exact) mass is 382 g/mol. The molecule has 0 aliphatic rings. The van der Waals surface area contributed by atoms with Gasteiger partial charge < -0.3 is 9.72 Å². The normalized spacial score (nSPS) is 10.9. The Labute approximate surface area is 169 Å². The predicted octanol–water partition coefficient (Wildman–Crippen LogP) is 5.35. The molecule has 4 heteroatoms. The number of carbonyl (C=O) groups is 2. The van der Waals surface area contributed by atoms with Crippen LogP contribution in [0.4, 0.5) is 5.69 Å². The molecule has 29 heavy (non-hydrogen) atoms. The van der Waals surface area contributed by atoms with Gasteiger partial charge in [-0.05, 0) is 61.7 Å². The van der Waals surface area contributed by atoms with Crippen molar-refractivity contribution in [2.75, 3.05) is 5.32 Å². The summed E-state index contributed by atoms with van der Waals surface area (Å²) in [5, 5.41) is 2.79. The van der Waals surface area contributed by atoms with E-state index in [2.05, 4.69) is 5.32 Å². The summed E-state index contributed by atoms with van der Waals surface area (Å²) in [6, 6.07) is 21.3. The van der Waals surface area contributed by atoms with Gasteiger partial charge in [0.15, 0.2) is 0 Å². The molecule has 2 aromatic heterocycles. The van der Waals surface area contributed by atoms with E-state index >= 15 is 0 Å². The predicted molar refractivity (Wildman–Crippen MR) is 116 cm³/mol. The van der Waals surface area contributed by atoms with Crippen LogP contribution in [0.15, 0.2) is 72.9 Å². The van der Waals surface area contributed by atoms with Crippen LogP contribution in [-0.4, -0.2) is 16.1 Å². The van der Waals surface area contributed by atoms with Crippen LogP contribution in [0, 0.1) is 20.8 Å². The molecular formula is C25H22N2O2. The van der Waals surface area contributed by atoms with Gasteiger partial charge in [-0.15, -0.1) is 0 Å². The van der Waals surface area contributed by atoms with Crippen molar-refractivity contribution < 1.29 is 9.59 Å². The number of pyridine rings is 1. The largest absolute Gasteiger partial charge is 0.319 e. The number of ketones is 1. The standard InChI is InChI=1S/C25H22N2O2/c1-16-10-12-19(13-11-16)21-15-20-8-4-5-14-27(20)23(21)24(28)25(29)26-22-9-6-7-17(2)18(22)3/h4-15H,1-3H3,(H,26,29). The number of nitrogens with one attached hydrogen (secondary N) is 1. The molecule has 0 atom stereocenters. The van der Waals surface area contributed by atoms with Crippen LogP contribution in [0.25, 0.3) is 16.6 Å². The van der Waals surface area contributed by atoms with Crippen LogP contribution in [0.3, 0.4) is 0 Å². The minimum absolute atomic E-state index is 0.368. The molecule has 4 aromatic rings. The third-order valence-electron chi connectivity index (χ3n) is 5.32. The fourth-order valence-electron chi connectivity index (χ4n) is 3.48. The number of hydrogen-bond acceptors (Lipinski definition) is 2.